The van der Waals surface area contributed by atoms with Crippen LogP contribution in [0.25, 0.3) is 0 Å². The number of morpholine rings is 1. The fourth-order valence-corrected chi connectivity index (χ4v) is 4.64. The Balaban J connectivity index is 1.36. The van der Waals surface area contributed by atoms with Gasteiger partial charge in [-0.05, 0) is 44.2 Å². The van der Waals surface area contributed by atoms with Crippen LogP contribution >= 0.6 is 0 Å². The predicted molar refractivity (Wildman–Crippen MR) is 105 cm³/mol. The van der Waals surface area contributed by atoms with E-state index in [0.717, 1.165) is 39.1 Å². The smallest absolute Gasteiger partial charge is 0.255 e. The molecule has 1 aromatic rings. The lowest BCUT2D eigenvalue weighted by atomic mass is 9.88. The number of hydrogen-bond donors (Lipinski definition) is 0. The van der Waals surface area contributed by atoms with E-state index in [2.05, 4.69) is 11.0 Å². The highest BCUT2D eigenvalue weighted by Crippen LogP contribution is 2.31. The lowest BCUT2D eigenvalue weighted by Crippen LogP contribution is -2.58. The predicted octanol–water partition coefficient (Wildman–Crippen LogP) is 2.43. The number of piperidine rings is 1. The van der Waals surface area contributed by atoms with Crippen molar-refractivity contribution < 1.29 is 14.3 Å². The summed E-state index contributed by atoms with van der Waals surface area (Å²) in [5.41, 5.74) is 0.684. The minimum absolute atomic E-state index is 0.0575. The summed E-state index contributed by atoms with van der Waals surface area (Å²) in [6.07, 6.45) is 5.86. The van der Waals surface area contributed by atoms with E-state index < -0.39 is 0 Å². The van der Waals surface area contributed by atoms with Crippen molar-refractivity contribution >= 4 is 5.91 Å². The third-order valence-electron chi connectivity index (χ3n) is 6.32. The van der Waals surface area contributed by atoms with Gasteiger partial charge in [-0.2, -0.15) is 5.26 Å². The number of likely N-dealkylation sites (tertiary alicyclic amines) is 1. The van der Waals surface area contributed by atoms with Crippen LogP contribution in [0, 0.1) is 11.3 Å². The number of carbonyl (C=O) groups is 1. The molecule has 3 saturated heterocycles. The molecule has 150 valence electrons. The molecule has 0 bridgehead atoms. The SMILES string of the molecule is N#Cc1ccccc1C(=O)N1CCOC2(CCN(CC3CCCCO3)CC2)C1. The first-order valence-corrected chi connectivity index (χ1v) is 10.5. The van der Waals surface area contributed by atoms with E-state index in [-0.39, 0.29) is 11.5 Å². The minimum Gasteiger partial charge on any atom is -0.377 e. The first kappa shape index (κ1) is 19.4. The maximum atomic E-state index is 13.0. The van der Waals surface area contributed by atoms with Crippen molar-refractivity contribution in [2.45, 2.75) is 43.8 Å². The summed E-state index contributed by atoms with van der Waals surface area (Å²) in [4.78, 5) is 17.4. The molecule has 6 nitrogen and oxygen atoms in total. The van der Waals surface area contributed by atoms with E-state index >= 15 is 0 Å². The molecule has 3 fully saturated rings. The molecule has 1 amide bonds. The zero-order valence-electron chi connectivity index (χ0n) is 16.4. The number of benzene rings is 1. The van der Waals surface area contributed by atoms with E-state index in [4.69, 9.17) is 9.47 Å². The molecule has 1 atom stereocenters. The summed E-state index contributed by atoms with van der Waals surface area (Å²) >= 11 is 0. The molecule has 1 unspecified atom stereocenters. The highest BCUT2D eigenvalue weighted by atomic mass is 16.5. The maximum Gasteiger partial charge on any atom is 0.255 e. The van der Waals surface area contributed by atoms with Gasteiger partial charge in [0, 0.05) is 32.8 Å². The molecular weight excluding hydrogens is 354 g/mol. The average molecular weight is 383 g/mol. The second kappa shape index (κ2) is 8.60. The molecule has 3 heterocycles. The Labute approximate surface area is 167 Å². The van der Waals surface area contributed by atoms with Gasteiger partial charge in [0.25, 0.3) is 5.91 Å². The molecule has 0 radical (unpaired) electrons. The van der Waals surface area contributed by atoms with Crippen LogP contribution < -0.4 is 0 Å². The van der Waals surface area contributed by atoms with Crippen molar-refractivity contribution in [1.82, 2.24) is 9.80 Å². The zero-order chi connectivity index (χ0) is 19.4. The number of carbonyl (C=O) groups excluding carboxylic acids is 1. The van der Waals surface area contributed by atoms with Crippen molar-refractivity contribution in [3.05, 3.63) is 35.4 Å². The Kier molecular flexibility index (Phi) is 5.96. The second-order valence-corrected chi connectivity index (χ2v) is 8.20. The van der Waals surface area contributed by atoms with Gasteiger partial charge in [-0.15, -0.1) is 0 Å². The third kappa shape index (κ3) is 4.22. The summed E-state index contributed by atoms with van der Waals surface area (Å²) in [6.45, 7) is 5.62. The highest BCUT2D eigenvalue weighted by molar-refractivity contribution is 5.96. The fourth-order valence-electron chi connectivity index (χ4n) is 4.64. The molecule has 1 spiro atoms. The van der Waals surface area contributed by atoms with Crippen LogP contribution in [-0.2, 0) is 9.47 Å². The molecule has 6 heteroatoms. The van der Waals surface area contributed by atoms with Crippen LogP contribution in [-0.4, -0.2) is 73.3 Å². The van der Waals surface area contributed by atoms with Gasteiger partial charge in [-0.1, -0.05) is 12.1 Å². The van der Waals surface area contributed by atoms with Gasteiger partial charge in [0.2, 0.25) is 0 Å². The molecule has 0 saturated carbocycles. The van der Waals surface area contributed by atoms with Gasteiger partial charge in [-0.25, -0.2) is 0 Å². The Bertz CT molecular complexity index is 731. The lowest BCUT2D eigenvalue weighted by molar-refractivity contribution is -0.130. The zero-order valence-corrected chi connectivity index (χ0v) is 16.4. The van der Waals surface area contributed by atoms with Crippen molar-refractivity contribution in [3.63, 3.8) is 0 Å². The van der Waals surface area contributed by atoms with E-state index in [9.17, 15) is 10.1 Å². The van der Waals surface area contributed by atoms with Gasteiger partial charge in [0.1, 0.15) is 0 Å². The molecule has 3 aliphatic heterocycles. The van der Waals surface area contributed by atoms with Gasteiger partial charge in [-0.3, -0.25) is 4.79 Å². The Morgan fingerprint density at radius 1 is 1.18 bits per heavy atom. The van der Waals surface area contributed by atoms with Gasteiger partial charge in [0.15, 0.2) is 0 Å². The molecule has 4 rings (SSSR count). The first-order valence-electron chi connectivity index (χ1n) is 10.5. The normalized spacial score (nSPS) is 25.4. The van der Waals surface area contributed by atoms with E-state index in [0.29, 0.717) is 36.9 Å². The Morgan fingerprint density at radius 2 is 2.00 bits per heavy atom. The van der Waals surface area contributed by atoms with Crippen LogP contribution in [0.2, 0.25) is 0 Å². The largest absolute Gasteiger partial charge is 0.377 e. The summed E-state index contributed by atoms with van der Waals surface area (Å²) in [6, 6.07) is 9.19. The Hall–Kier alpha value is -1.94. The quantitative estimate of drug-likeness (QED) is 0.802. The van der Waals surface area contributed by atoms with Crippen LogP contribution in [0.15, 0.2) is 24.3 Å². The molecule has 0 N–H and O–H groups in total. The van der Waals surface area contributed by atoms with Crippen molar-refractivity contribution in [2.75, 3.05) is 45.9 Å². The van der Waals surface area contributed by atoms with Crippen LogP contribution in [0.3, 0.4) is 0 Å². The highest BCUT2D eigenvalue weighted by Gasteiger charge is 2.41. The summed E-state index contributed by atoms with van der Waals surface area (Å²) in [7, 11) is 0. The summed E-state index contributed by atoms with van der Waals surface area (Å²) < 4.78 is 12.1. The fraction of sp³-hybridized carbons (Fsp3) is 0.636. The molecule has 1 aromatic carbocycles. The number of nitrogens with zero attached hydrogens (tertiary/aromatic N) is 3. The van der Waals surface area contributed by atoms with E-state index in [1.54, 1.807) is 18.2 Å². The van der Waals surface area contributed by atoms with Crippen molar-refractivity contribution in [2.24, 2.45) is 0 Å². The topological polar surface area (TPSA) is 65.8 Å². The third-order valence-corrected chi connectivity index (χ3v) is 6.32. The summed E-state index contributed by atoms with van der Waals surface area (Å²) in [5.74, 6) is -0.0575. The number of hydrogen-bond acceptors (Lipinski definition) is 5. The molecule has 28 heavy (non-hydrogen) atoms. The van der Waals surface area contributed by atoms with Gasteiger partial charge in [0.05, 0.1) is 42.1 Å². The maximum absolute atomic E-state index is 13.0. The van der Waals surface area contributed by atoms with Crippen LogP contribution in [0.4, 0.5) is 0 Å². The molecule has 0 aromatic heterocycles. The number of ether oxygens (including phenoxy) is 2. The van der Waals surface area contributed by atoms with Crippen molar-refractivity contribution in [3.8, 4) is 6.07 Å². The monoisotopic (exact) mass is 383 g/mol. The number of amides is 1. The number of rotatable bonds is 3. The van der Waals surface area contributed by atoms with E-state index in [1.165, 1.54) is 19.3 Å². The van der Waals surface area contributed by atoms with Gasteiger partial charge >= 0.3 is 0 Å². The van der Waals surface area contributed by atoms with Crippen LogP contribution in [0.1, 0.15) is 48.0 Å². The standard InChI is InChI=1S/C22H29N3O3/c23-15-18-5-1-2-7-20(18)21(26)25-12-14-28-22(17-25)8-10-24(11-9-22)16-19-6-3-4-13-27-19/h1-2,5,7,19H,3-4,6,8-14,16-17H2. The van der Waals surface area contributed by atoms with E-state index in [1.807, 2.05) is 11.0 Å². The lowest BCUT2D eigenvalue weighted by Gasteiger charge is -2.47. The number of nitriles is 1. The minimum atomic E-state index is -0.251. The molecule has 3 aliphatic rings. The van der Waals surface area contributed by atoms with Crippen LogP contribution in [0.5, 0.6) is 0 Å². The summed E-state index contributed by atoms with van der Waals surface area (Å²) in [5, 5.41) is 9.31. The van der Waals surface area contributed by atoms with Crippen molar-refractivity contribution in [1.29, 1.82) is 5.26 Å². The average Bonchev–Trinajstić information content (AvgIpc) is 2.76. The first-order chi connectivity index (χ1) is 13.7. The molecule has 0 aliphatic carbocycles. The molecular formula is C22H29N3O3. The second-order valence-electron chi connectivity index (χ2n) is 8.20. The Morgan fingerprint density at radius 3 is 2.75 bits per heavy atom. The van der Waals surface area contributed by atoms with Gasteiger partial charge < -0.3 is 19.3 Å².